The van der Waals surface area contributed by atoms with Gasteiger partial charge in [0.15, 0.2) is 17.5 Å². The zero-order chi connectivity index (χ0) is 33.2. The van der Waals surface area contributed by atoms with E-state index in [0.717, 1.165) is 22.2 Å². The van der Waals surface area contributed by atoms with Gasteiger partial charge in [-0.15, -0.1) is 5.10 Å². The minimum atomic E-state index is -0.685. The van der Waals surface area contributed by atoms with Gasteiger partial charge in [0, 0.05) is 43.3 Å². The van der Waals surface area contributed by atoms with E-state index >= 15 is 0 Å². The van der Waals surface area contributed by atoms with E-state index in [0.29, 0.717) is 61.4 Å². The standard InChI is InChI=1S/C35H40N6O6/c1-35(2,3)47-34(42)30(18-24-10-7-6-8-11-24)41-22-29(39-40-41)25-12-9-13-26(19-25)38-33-27-20-31(45-16-14-43-4)32(46-17-15-44-5)21-28(27)36-23-37-33/h6-13,19-23,30H,14-18H2,1-5H3,(H,36,37,38)/t30-/m0/s1. The summed E-state index contributed by atoms with van der Waals surface area (Å²) in [5.74, 6) is 1.31. The number of fused-ring (bicyclic) bond motifs is 1. The molecule has 0 radical (unpaired) electrons. The first kappa shape index (κ1) is 33.3. The van der Waals surface area contributed by atoms with Crippen molar-refractivity contribution in [2.24, 2.45) is 0 Å². The van der Waals surface area contributed by atoms with Crippen molar-refractivity contribution < 1.29 is 28.5 Å². The fourth-order valence-electron chi connectivity index (χ4n) is 4.81. The lowest BCUT2D eigenvalue weighted by Gasteiger charge is -2.24. The number of rotatable bonds is 15. The molecule has 0 amide bonds. The molecule has 0 fully saturated rings. The molecule has 2 aromatic heterocycles. The summed E-state index contributed by atoms with van der Waals surface area (Å²) in [5.41, 5.74) is 3.21. The number of benzene rings is 3. The van der Waals surface area contributed by atoms with Crippen molar-refractivity contribution in [3.8, 4) is 22.8 Å². The molecule has 0 saturated carbocycles. The SMILES string of the molecule is COCCOc1cc2ncnc(Nc3cccc(-c4cn([C@@H](Cc5ccccc5)C(=O)OC(C)(C)C)nn4)c3)c2cc1OCCOC. The molecule has 0 aliphatic carbocycles. The molecule has 1 atom stereocenters. The smallest absolute Gasteiger partial charge is 0.331 e. The van der Waals surface area contributed by atoms with Crippen LogP contribution in [-0.2, 0) is 25.4 Å². The molecule has 5 rings (SSSR count). The Morgan fingerprint density at radius 3 is 2.30 bits per heavy atom. The first-order valence-electron chi connectivity index (χ1n) is 15.3. The Balaban J connectivity index is 1.41. The van der Waals surface area contributed by atoms with Gasteiger partial charge in [0.1, 0.15) is 36.7 Å². The zero-order valence-electron chi connectivity index (χ0n) is 27.3. The van der Waals surface area contributed by atoms with Gasteiger partial charge >= 0.3 is 5.97 Å². The topological polar surface area (TPSA) is 132 Å². The van der Waals surface area contributed by atoms with Gasteiger partial charge in [0.25, 0.3) is 0 Å². The Hall–Kier alpha value is -5.07. The summed E-state index contributed by atoms with van der Waals surface area (Å²) in [6.07, 6.45) is 3.68. The third-order valence-corrected chi connectivity index (χ3v) is 6.99. The van der Waals surface area contributed by atoms with Gasteiger partial charge in [-0.1, -0.05) is 47.7 Å². The Morgan fingerprint density at radius 2 is 1.60 bits per heavy atom. The zero-order valence-corrected chi connectivity index (χ0v) is 27.3. The highest BCUT2D eigenvalue weighted by Crippen LogP contribution is 2.35. The number of hydrogen-bond donors (Lipinski definition) is 1. The van der Waals surface area contributed by atoms with Crippen molar-refractivity contribution in [1.29, 1.82) is 0 Å². The molecule has 3 aromatic carbocycles. The number of esters is 1. The maximum Gasteiger partial charge on any atom is 0.331 e. The maximum absolute atomic E-state index is 13.3. The average Bonchev–Trinajstić information content (AvgIpc) is 3.54. The van der Waals surface area contributed by atoms with Crippen LogP contribution in [0.4, 0.5) is 11.5 Å². The van der Waals surface area contributed by atoms with Crippen molar-refractivity contribution in [2.45, 2.75) is 38.8 Å². The molecule has 12 nitrogen and oxygen atoms in total. The number of ether oxygens (including phenoxy) is 5. The van der Waals surface area contributed by atoms with E-state index in [1.54, 1.807) is 25.1 Å². The van der Waals surface area contributed by atoms with Crippen LogP contribution in [0.15, 0.2) is 79.3 Å². The summed E-state index contributed by atoms with van der Waals surface area (Å²) in [6, 6.07) is 20.5. The number of aromatic nitrogens is 5. The van der Waals surface area contributed by atoms with Crippen LogP contribution in [0, 0.1) is 0 Å². The molecule has 0 unspecified atom stereocenters. The summed E-state index contributed by atoms with van der Waals surface area (Å²) >= 11 is 0. The Labute approximate surface area is 274 Å². The second-order valence-corrected chi connectivity index (χ2v) is 11.7. The molecular weight excluding hydrogens is 600 g/mol. The Bertz CT molecular complexity index is 1770. The third kappa shape index (κ3) is 9.02. The van der Waals surface area contributed by atoms with Crippen LogP contribution in [0.1, 0.15) is 32.4 Å². The van der Waals surface area contributed by atoms with Crippen LogP contribution in [-0.4, -0.2) is 77.2 Å². The lowest BCUT2D eigenvalue weighted by Crippen LogP contribution is -2.31. The molecule has 47 heavy (non-hydrogen) atoms. The average molecular weight is 641 g/mol. The van der Waals surface area contributed by atoms with E-state index in [1.807, 2.05) is 87.5 Å². The van der Waals surface area contributed by atoms with Gasteiger partial charge in [-0.05, 0) is 44.5 Å². The summed E-state index contributed by atoms with van der Waals surface area (Å²) < 4.78 is 29.5. The number of methoxy groups -OCH3 is 2. The third-order valence-electron chi connectivity index (χ3n) is 6.99. The van der Waals surface area contributed by atoms with Crippen LogP contribution in [0.25, 0.3) is 22.2 Å². The summed E-state index contributed by atoms with van der Waals surface area (Å²) in [7, 11) is 3.24. The fourth-order valence-corrected chi connectivity index (χ4v) is 4.81. The van der Waals surface area contributed by atoms with E-state index in [1.165, 1.54) is 6.33 Å². The van der Waals surface area contributed by atoms with E-state index in [4.69, 9.17) is 23.7 Å². The largest absolute Gasteiger partial charge is 0.487 e. The number of anilines is 2. The predicted octanol–water partition coefficient (Wildman–Crippen LogP) is 5.81. The van der Waals surface area contributed by atoms with Gasteiger partial charge in [0.2, 0.25) is 0 Å². The Morgan fingerprint density at radius 1 is 0.872 bits per heavy atom. The minimum absolute atomic E-state index is 0.349. The highest BCUT2D eigenvalue weighted by atomic mass is 16.6. The molecule has 1 N–H and O–H groups in total. The molecule has 0 aliphatic rings. The van der Waals surface area contributed by atoms with E-state index in [-0.39, 0.29) is 5.97 Å². The van der Waals surface area contributed by atoms with Crippen LogP contribution >= 0.6 is 0 Å². The van der Waals surface area contributed by atoms with Gasteiger partial charge in [0.05, 0.1) is 24.9 Å². The lowest BCUT2D eigenvalue weighted by atomic mass is 10.1. The molecule has 246 valence electrons. The van der Waals surface area contributed by atoms with E-state index in [2.05, 4.69) is 25.6 Å². The quantitative estimate of drug-likeness (QED) is 0.110. The summed E-state index contributed by atoms with van der Waals surface area (Å²) in [4.78, 5) is 22.3. The molecule has 2 heterocycles. The number of carbonyl (C=O) groups excluding carboxylic acids is 1. The second-order valence-electron chi connectivity index (χ2n) is 11.7. The highest BCUT2D eigenvalue weighted by Gasteiger charge is 2.28. The predicted molar refractivity (Wildman–Crippen MR) is 178 cm³/mol. The Kier molecular flexibility index (Phi) is 11.0. The number of carbonyl (C=O) groups is 1. The minimum Gasteiger partial charge on any atom is -0.487 e. The molecule has 0 aliphatic heterocycles. The van der Waals surface area contributed by atoms with Crippen molar-refractivity contribution in [2.75, 3.05) is 46.0 Å². The molecule has 5 aromatic rings. The van der Waals surface area contributed by atoms with Crippen molar-refractivity contribution in [1.82, 2.24) is 25.0 Å². The molecule has 0 spiro atoms. The highest BCUT2D eigenvalue weighted by molar-refractivity contribution is 5.93. The monoisotopic (exact) mass is 640 g/mol. The maximum atomic E-state index is 13.3. The van der Waals surface area contributed by atoms with E-state index in [9.17, 15) is 4.79 Å². The van der Waals surface area contributed by atoms with E-state index < -0.39 is 11.6 Å². The van der Waals surface area contributed by atoms with Gasteiger partial charge < -0.3 is 29.0 Å². The van der Waals surface area contributed by atoms with Crippen LogP contribution in [0.5, 0.6) is 11.5 Å². The van der Waals surface area contributed by atoms with Crippen LogP contribution in [0.3, 0.4) is 0 Å². The normalized spacial score (nSPS) is 12.1. The van der Waals surface area contributed by atoms with Crippen LogP contribution in [0.2, 0.25) is 0 Å². The first-order chi connectivity index (χ1) is 22.7. The second kappa shape index (κ2) is 15.5. The van der Waals surface area contributed by atoms with Gasteiger partial charge in [-0.3, -0.25) is 0 Å². The molecule has 12 heteroatoms. The fraction of sp³-hybridized carbons (Fsp3) is 0.343. The first-order valence-corrected chi connectivity index (χ1v) is 15.3. The number of nitrogens with zero attached hydrogens (tertiary/aromatic N) is 5. The lowest BCUT2D eigenvalue weighted by molar-refractivity contribution is -0.159. The van der Waals surface area contributed by atoms with Gasteiger partial charge in [-0.2, -0.15) is 0 Å². The summed E-state index contributed by atoms with van der Waals surface area (Å²) in [6.45, 7) is 7.12. The number of nitrogens with one attached hydrogen (secondary N) is 1. The molecule has 0 bridgehead atoms. The molecular formula is C35H40N6O6. The van der Waals surface area contributed by atoms with Crippen molar-refractivity contribution >= 4 is 28.4 Å². The van der Waals surface area contributed by atoms with Gasteiger partial charge in [-0.25, -0.2) is 19.4 Å². The van der Waals surface area contributed by atoms with Crippen molar-refractivity contribution in [3.63, 3.8) is 0 Å². The summed E-state index contributed by atoms with van der Waals surface area (Å²) in [5, 5.41) is 12.9. The molecule has 0 saturated heterocycles. The number of hydrogen-bond acceptors (Lipinski definition) is 11. The van der Waals surface area contributed by atoms with Crippen molar-refractivity contribution in [3.05, 3.63) is 84.8 Å². The van der Waals surface area contributed by atoms with Crippen LogP contribution < -0.4 is 14.8 Å².